The van der Waals surface area contributed by atoms with Gasteiger partial charge in [-0.2, -0.15) is 9.47 Å². The molecule has 0 saturated carbocycles. The van der Waals surface area contributed by atoms with E-state index in [9.17, 15) is 4.79 Å². The largest absolute Gasteiger partial charge is 0.331 e. The molecule has 0 radical (unpaired) electrons. The summed E-state index contributed by atoms with van der Waals surface area (Å²) in [7, 11) is 1.91. The van der Waals surface area contributed by atoms with E-state index in [1.54, 1.807) is 4.68 Å². The van der Waals surface area contributed by atoms with Crippen LogP contribution in [-0.4, -0.2) is 36.5 Å². The Balaban J connectivity index is 1.46. The zero-order valence-electron chi connectivity index (χ0n) is 15.9. The molecule has 2 aromatic heterocycles. The molecule has 0 aliphatic carbocycles. The minimum atomic E-state index is -0.0759. The first-order valence-electron chi connectivity index (χ1n) is 9.44. The van der Waals surface area contributed by atoms with Crippen LogP contribution >= 0.6 is 11.5 Å². The molecule has 2 aromatic carbocycles. The van der Waals surface area contributed by atoms with E-state index in [-0.39, 0.29) is 11.8 Å². The summed E-state index contributed by atoms with van der Waals surface area (Å²) in [6, 6.07) is 18.0. The van der Waals surface area contributed by atoms with E-state index in [1.807, 2.05) is 60.7 Å². The van der Waals surface area contributed by atoms with Crippen molar-refractivity contribution in [3.63, 3.8) is 0 Å². The maximum atomic E-state index is 13.2. The number of aryl methyl sites for hydroxylation is 1. The van der Waals surface area contributed by atoms with Crippen molar-refractivity contribution in [3.8, 4) is 11.4 Å². The number of aromatic nitrogens is 4. The van der Waals surface area contributed by atoms with Crippen LogP contribution in [-0.2, 0) is 13.6 Å². The van der Waals surface area contributed by atoms with Gasteiger partial charge in [-0.15, -0.1) is 0 Å². The Morgan fingerprint density at radius 3 is 2.69 bits per heavy atom. The van der Waals surface area contributed by atoms with Crippen molar-refractivity contribution in [1.29, 1.82) is 0 Å². The second-order valence-electron chi connectivity index (χ2n) is 7.17. The average molecular weight is 401 g/mol. The zero-order chi connectivity index (χ0) is 19.8. The molecular weight excluding hydrogens is 382 g/mol. The second kappa shape index (κ2) is 7.25. The molecule has 1 atom stereocenters. The summed E-state index contributed by atoms with van der Waals surface area (Å²) in [5, 5.41) is 4.75. The van der Waals surface area contributed by atoms with Crippen LogP contribution in [0.5, 0.6) is 0 Å². The number of hydrogen-bond acceptors (Lipinski definition) is 5. The van der Waals surface area contributed by atoms with Crippen molar-refractivity contribution in [1.82, 2.24) is 24.0 Å². The van der Waals surface area contributed by atoms with Gasteiger partial charge in [0.05, 0.1) is 6.20 Å². The number of carbonyl (C=O) groups is 1. The molecule has 29 heavy (non-hydrogen) atoms. The molecule has 7 heteroatoms. The van der Waals surface area contributed by atoms with Crippen molar-refractivity contribution in [2.24, 2.45) is 7.05 Å². The molecule has 1 amide bonds. The summed E-state index contributed by atoms with van der Waals surface area (Å²) >= 11 is 1.16. The Morgan fingerprint density at radius 1 is 1.10 bits per heavy atom. The Labute approximate surface area is 172 Å². The van der Waals surface area contributed by atoms with E-state index in [1.165, 1.54) is 5.56 Å². The van der Waals surface area contributed by atoms with Gasteiger partial charge in [-0.25, -0.2) is 4.98 Å². The highest BCUT2D eigenvalue weighted by molar-refractivity contribution is 7.07. The van der Waals surface area contributed by atoms with Gasteiger partial charge in [0.1, 0.15) is 0 Å². The van der Waals surface area contributed by atoms with Gasteiger partial charge >= 0.3 is 0 Å². The minimum absolute atomic E-state index is 0.0759. The van der Waals surface area contributed by atoms with E-state index in [2.05, 4.69) is 32.7 Å². The summed E-state index contributed by atoms with van der Waals surface area (Å²) in [5.41, 5.74) is 4.44. The fourth-order valence-corrected chi connectivity index (χ4v) is 4.47. The predicted molar refractivity (Wildman–Crippen MR) is 112 cm³/mol. The number of fused-ring (bicyclic) bond motifs is 1. The highest BCUT2D eigenvalue weighted by Crippen LogP contribution is 2.34. The highest BCUT2D eigenvalue weighted by Gasteiger charge is 2.31. The molecular formula is C22H19N5OS. The van der Waals surface area contributed by atoms with Crippen LogP contribution in [0.1, 0.15) is 32.4 Å². The third-order valence-electron chi connectivity index (χ3n) is 5.25. The second-order valence-corrected chi connectivity index (χ2v) is 7.93. The van der Waals surface area contributed by atoms with Crippen LogP contribution in [0, 0.1) is 0 Å². The molecule has 0 N–H and O–H groups in total. The smallest absolute Gasteiger partial charge is 0.284 e. The fourth-order valence-electron chi connectivity index (χ4n) is 3.82. The average Bonchev–Trinajstić information content (AvgIpc) is 3.42. The normalized spacial score (nSPS) is 15.9. The van der Waals surface area contributed by atoms with E-state index < -0.39 is 0 Å². The first-order valence-corrected chi connectivity index (χ1v) is 10.2. The summed E-state index contributed by atoms with van der Waals surface area (Å²) in [6.07, 6.45) is 3.90. The topological polar surface area (TPSA) is 63.9 Å². The monoisotopic (exact) mass is 401 g/mol. The number of hydrogen-bond donors (Lipinski definition) is 0. The lowest BCUT2D eigenvalue weighted by Gasteiger charge is -2.34. The van der Waals surface area contributed by atoms with Gasteiger partial charge in [-0.3, -0.25) is 9.48 Å². The van der Waals surface area contributed by atoms with Crippen molar-refractivity contribution < 1.29 is 4.79 Å². The first-order chi connectivity index (χ1) is 14.2. The van der Waals surface area contributed by atoms with Crippen molar-refractivity contribution in [3.05, 3.63) is 88.7 Å². The standard InChI is InChI=1S/C22H19N5OS/c1-26-12-17(11-23-26)19-14-27(13-16-9-5-6-10-18(16)19)22(28)21-24-20(25-29-21)15-7-3-2-4-8-15/h2-12,19H,13-14H2,1H3. The van der Waals surface area contributed by atoms with Gasteiger partial charge in [0.15, 0.2) is 5.82 Å². The highest BCUT2D eigenvalue weighted by atomic mass is 32.1. The van der Waals surface area contributed by atoms with Crippen LogP contribution in [0.3, 0.4) is 0 Å². The van der Waals surface area contributed by atoms with Crippen LogP contribution in [0.4, 0.5) is 0 Å². The molecule has 144 valence electrons. The van der Waals surface area contributed by atoms with E-state index >= 15 is 0 Å². The number of carbonyl (C=O) groups excluding carboxylic acids is 1. The molecule has 1 unspecified atom stereocenters. The molecule has 6 nitrogen and oxygen atoms in total. The Kier molecular flexibility index (Phi) is 4.44. The molecule has 5 rings (SSSR count). The van der Waals surface area contributed by atoms with E-state index in [4.69, 9.17) is 0 Å². The van der Waals surface area contributed by atoms with Gasteiger partial charge in [0.25, 0.3) is 5.91 Å². The van der Waals surface area contributed by atoms with Gasteiger partial charge in [-0.1, -0.05) is 54.6 Å². The summed E-state index contributed by atoms with van der Waals surface area (Å²) in [5.74, 6) is 0.618. The lowest BCUT2D eigenvalue weighted by Crippen LogP contribution is -2.38. The summed E-state index contributed by atoms with van der Waals surface area (Å²) in [4.78, 5) is 19.6. The maximum absolute atomic E-state index is 13.2. The van der Waals surface area contributed by atoms with Crippen molar-refractivity contribution >= 4 is 17.4 Å². The number of nitrogens with zero attached hydrogens (tertiary/aromatic N) is 5. The minimum Gasteiger partial charge on any atom is -0.331 e. The summed E-state index contributed by atoms with van der Waals surface area (Å²) in [6.45, 7) is 1.17. The molecule has 4 aromatic rings. The molecule has 1 aliphatic heterocycles. The van der Waals surface area contributed by atoms with Crippen molar-refractivity contribution in [2.75, 3.05) is 6.54 Å². The summed E-state index contributed by atoms with van der Waals surface area (Å²) < 4.78 is 6.20. The van der Waals surface area contributed by atoms with Crippen molar-refractivity contribution in [2.45, 2.75) is 12.5 Å². The van der Waals surface area contributed by atoms with E-state index in [0.29, 0.717) is 23.9 Å². The fraction of sp³-hybridized carbons (Fsp3) is 0.182. The Hall–Kier alpha value is -3.32. The third-order valence-corrected chi connectivity index (χ3v) is 5.95. The number of rotatable bonds is 3. The number of benzene rings is 2. The predicted octanol–water partition coefficient (Wildman–Crippen LogP) is 3.73. The SMILES string of the molecule is Cn1cc(C2CN(C(=O)c3nc(-c4ccccc4)ns3)Cc3ccccc32)cn1. The molecule has 0 fully saturated rings. The quantitative estimate of drug-likeness (QED) is 0.525. The zero-order valence-corrected chi connectivity index (χ0v) is 16.7. The van der Waals surface area contributed by atoms with Gasteiger partial charge < -0.3 is 4.90 Å². The Bertz CT molecular complexity index is 1170. The first kappa shape index (κ1) is 17.8. The van der Waals surface area contributed by atoms with Crippen LogP contribution < -0.4 is 0 Å². The third kappa shape index (κ3) is 3.34. The van der Waals surface area contributed by atoms with Gasteiger partial charge in [0, 0.05) is 37.8 Å². The number of amides is 1. The van der Waals surface area contributed by atoms with Crippen LogP contribution in [0.15, 0.2) is 67.0 Å². The lowest BCUT2D eigenvalue weighted by atomic mass is 9.86. The lowest BCUT2D eigenvalue weighted by molar-refractivity contribution is 0.0724. The molecule has 0 saturated heterocycles. The van der Waals surface area contributed by atoms with Gasteiger partial charge in [-0.05, 0) is 28.2 Å². The maximum Gasteiger partial charge on any atom is 0.284 e. The van der Waals surface area contributed by atoms with Crippen LogP contribution in [0.25, 0.3) is 11.4 Å². The molecule has 3 heterocycles. The van der Waals surface area contributed by atoms with Gasteiger partial charge in [0.2, 0.25) is 5.01 Å². The van der Waals surface area contributed by atoms with Crippen LogP contribution in [0.2, 0.25) is 0 Å². The van der Waals surface area contributed by atoms with E-state index in [0.717, 1.165) is 28.2 Å². The molecule has 0 spiro atoms. The molecule has 0 bridgehead atoms. The molecule has 1 aliphatic rings. The Morgan fingerprint density at radius 2 is 1.90 bits per heavy atom.